The summed E-state index contributed by atoms with van der Waals surface area (Å²) in [6.45, 7) is 2.03. The summed E-state index contributed by atoms with van der Waals surface area (Å²) in [4.78, 5) is 1.69. The molecule has 2 aromatic rings. The molecule has 2 rings (SSSR count). The van der Waals surface area contributed by atoms with Gasteiger partial charge in [0.05, 0.1) is 5.69 Å². The van der Waals surface area contributed by atoms with Gasteiger partial charge in [0.25, 0.3) is 10.0 Å². The maximum absolute atomic E-state index is 13.2. The third kappa shape index (κ3) is 2.70. The summed E-state index contributed by atoms with van der Waals surface area (Å²) in [5, 5.41) is 0. The molecule has 0 unspecified atom stereocenters. The number of hydrogen-bond acceptors (Lipinski definition) is 4. The van der Waals surface area contributed by atoms with Gasteiger partial charge in [-0.25, -0.2) is 12.8 Å². The number of anilines is 1. The zero-order chi connectivity index (χ0) is 14.9. The van der Waals surface area contributed by atoms with Gasteiger partial charge in [0.1, 0.15) is 10.7 Å². The SMILES string of the molecule is Cc1sc(CN)cc1S(=O)(=O)N(C)c1cccc(F)c1. The van der Waals surface area contributed by atoms with E-state index >= 15 is 0 Å². The molecule has 7 heteroatoms. The van der Waals surface area contributed by atoms with Crippen molar-refractivity contribution in [1.82, 2.24) is 0 Å². The highest BCUT2D eigenvalue weighted by atomic mass is 32.2. The number of sulfonamides is 1. The van der Waals surface area contributed by atoms with Crippen molar-refractivity contribution in [1.29, 1.82) is 0 Å². The van der Waals surface area contributed by atoms with Crippen molar-refractivity contribution >= 4 is 27.0 Å². The Bertz CT molecular complexity index is 726. The van der Waals surface area contributed by atoms with Crippen LogP contribution in [0.15, 0.2) is 35.2 Å². The fraction of sp³-hybridized carbons (Fsp3) is 0.231. The van der Waals surface area contributed by atoms with E-state index < -0.39 is 15.8 Å². The number of halogens is 1. The Labute approximate surface area is 121 Å². The maximum atomic E-state index is 13.2. The summed E-state index contributed by atoms with van der Waals surface area (Å²) in [5.41, 5.74) is 5.82. The lowest BCUT2D eigenvalue weighted by Gasteiger charge is -2.19. The van der Waals surface area contributed by atoms with Crippen LogP contribution in [0.2, 0.25) is 0 Å². The van der Waals surface area contributed by atoms with E-state index in [1.54, 1.807) is 19.1 Å². The van der Waals surface area contributed by atoms with Gasteiger partial charge in [0.15, 0.2) is 0 Å². The van der Waals surface area contributed by atoms with E-state index in [2.05, 4.69) is 0 Å². The molecule has 20 heavy (non-hydrogen) atoms. The Morgan fingerprint density at radius 2 is 2.05 bits per heavy atom. The molecular weight excluding hydrogens is 299 g/mol. The van der Waals surface area contributed by atoms with Crippen LogP contribution in [0.5, 0.6) is 0 Å². The first-order valence-electron chi connectivity index (χ1n) is 5.90. The van der Waals surface area contributed by atoms with E-state index in [0.717, 1.165) is 9.18 Å². The van der Waals surface area contributed by atoms with Crippen molar-refractivity contribution in [2.75, 3.05) is 11.4 Å². The molecule has 2 N–H and O–H groups in total. The molecule has 0 fully saturated rings. The predicted octanol–water partition coefficient (Wildman–Crippen LogP) is 2.48. The molecule has 0 bridgehead atoms. The molecule has 0 amide bonds. The van der Waals surface area contributed by atoms with Crippen molar-refractivity contribution in [2.24, 2.45) is 5.73 Å². The van der Waals surface area contributed by atoms with Gasteiger partial charge in [-0.2, -0.15) is 0 Å². The lowest BCUT2D eigenvalue weighted by Crippen LogP contribution is -2.26. The van der Waals surface area contributed by atoms with Crippen molar-refractivity contribution < 1.29 is 12.8 Å². The molecule has 4 nitrogen and oxygen atoms in total. The topological polar surface area (TPSA) is 63.4 Å². The number of rotatable bonds is 4. The second kappa shape index (κ2) is 5.51. The molecule has 108 valence electrons. The van der Waals surface area contributed by atoms with Crippen LogP contribution in [0, 0.1) is 12.7 Å². The summed E-state index contributed by atoms with van der Waals surface area (Å²) in [6, 6.07) is 7.05. The van der Waals surface area contributed by atoms with Crippen LogP contribution in [0.3, 0.4) is 0 Å². The fourth-order valence-electron chi connectivity index (χ4n) is 1.84. The minimum atomic E-state index is -3.71. The molecule has 0 aliphatic rings. The van der Waals surface area contributed by atoms with Gasteiger partial charge in [0, 0.05) is 23.3 Å². The molecule has 0 atom stereocenters. The van der Waals surface area contributed by atoms with Gasteiger partial charge in [-0.05, 0) is 31.2 Å². The smallest absolute Gasteiger partial charge is 0.265 e. The first-order valence-corrected chi connectivity index (χ1v) is 8.16. The Kier molecular flexibility index (Phi) is 4.12. The van der Waals surface area contributed by atoms with E-state index in [1.165, 1.54) is 36.6 Å². The third-order valence-corrected chi connectivity index (χ3v) is 6.05. The van der Waals surface area contributed by atoms with E-state index in [4.69, 9.17) is 5.73 Å². The summed E-state index contributed by atoms with van der Waals surface area (Å²) < 4.78 is 39.4. The molecule has 0 saturated carbocycles. The highest BCUT2D eigenvalue weighted by Gasteiger charge is 2.25. The number of aryl methyl sites for hydroxylation is 1. The van der Waals surface area contributed by atoms with Crippen LogP contribution in [0.4, 0.5) is 10.1 Å². The Hall–Kier alpha value is -1.44. The van der Waals surface area contributed by atoms with E-state index in [0.29, 0.717) is 11.4 Å². The quantitative estimate of drug-likeness (QED) is 0.943. The van der Waals surface area contributed by atoms with E-state index in [9.17, 15) is 12.8 Å². The fourth-order valence-corrected chi connectivity index (χ4v) is 4.51. The molecule has 0 aliphatic heterocycles. The Balaban J connectivity index is 2.46. The van der Waals surface area contributed by atoms with Crippen LogP contribution in [0.1, 0.15) is 9.75 Å². The minimum absolute atomic E-state index is 0.217. The molecule has 1 aromatic carbocycles. The standard InChI is InChI=1S/C13H15FN2O2S2/c1-9-13(7-12(8-15)19-9)20(17,18)16(2)11-5-3-4-10(14)6-11/h3-7H,8,15H2,1-2H3. The summed E-state index contributed by atoms with van der Waals surface area (Å²) in [5.74, 6) is -0.478. The first-order chi connectivity index (χ1) is 9.36. The highest BCUT2D eigenvalue weighted by molar-refractivity contribution is 7.93. The van der Waals surface area contributed by atoms with Crippen LogP contribution in [0.25, 0.3) is 0 Å². The van der Waals surface area contributed by atoms with Gasteiger partial charge in [-0.3, -0.25) is 4.31 Å². The zero-order valence-electron chi connectivity index (χ0n) is 11.1. The van der Waals surface area contributed by atoms with Gasteiger partial charge in [-0.15, -0.1) is 11.3 Å². The summed E-state index contributed by atoms with van der Waals surface area (Å²) in [6.07, 6.45) is 0. The van der Waals surface area contributed by atoms with Crippen molar-refractivity contribution in [3.05, 3.63) is 45.9 Å². The second-order valence-corrected chi connectivity index (χ2v) is 7.57. The normalized spacial score (nSPS) is 11.6. The molecule has 0 spiro atoms. The molecule has 0 aliphatic carbocycles. The monoisotopic (exact) mass is 314 g/mol. The number of thiophene rings is 1. The summed E-state index contributed by atoms with van der Waals surface area (Å²) in [7, 11) is -2.30. The third-order valence-electron chi connectivity index (χ3n) is 2.93. The van der Waals surface area contributed by atoms with E-state index in [1.807, 2.05) is 0 Å². The van der Waals surface area contributed by atoms with Crippen LogP contribution in [-0.4, -0.2) is 15.5 Å². The zero-order valence-corrected chi connectivity index (χ0v) is 12.8. The molecule has 0 saturated heterocycles. The lowest BCUT2D eigenvalue weighted by molar-refractivity contribution is 0.594. The van der Waals surface area contributed by atoms with Crippen LogP contribution >= 0.6 is 11.3 Å². The van der Waals surface area contributed by atoms with Crippen molar-refractivity contribution in [3.8, 4) is 0 Å². The predicted molar refractivity (Wildman–Crippen MR) is 78.9 cm³/mol. The minimum Gasteiger partial charge on any atom is -0.326 e. The number of hydrogen-bond donors (Lipinski definition) is 1. The number of benzene rings is 1. The van der Waals surface area contributed by atoms with Gasteiger partial charge in [-0.1, -0.05) is 6.07 Å². The molecule has 1 aromatic heterocycles. The van der Waals surface area contributed by atoms with E-state index in [-0.39, 0.29) is 10.6 Å². The summed E-state index contributed by atoms with van der Waals surface area (Å²) >= 11 is 1.35. The number of nitrogens with two attached hydrogens (primary N) is 1. The van der Waals surface area contributed by atoms with Crippen LogP contribution in [-0.2, 0) is 16.6 Å². The number of nitrogens with zero attached hydrogens (tertiary/aromatic N) is 1. The lowest BCUT2D eigenvalue weighted by atomic mass is 10.3. The highest BCUT2D eigenvalue weighted by Crippen LogP contribution is 2.30. The van der Waals surface area contributed by atoms with Crippen LogP contribution < -0.4 is 10.0 Å². The van der Waals surface area contributed by atoms with Crippen molar-refractivity contribution in [3.63, 3.8) is 0 Å². The first kappa shape index (κ1) is 15.0. The Morgan fingerprint density at radius 3 is 2.60 bits per heavy atom. The molecule has 0 radical (unpaired) electrons. The largest absolute Gasteiger partial charge is 0.326 e. The van der Waals surface area contributed by atoms with Gasteiger partial charge in [0.2, 0.25) is 0 Å². The average molecular weight is 314 g/mol. The van der Waals surface area contributed by atoms with Crippen molar-refractivity contribution in [2.45, 2.75) is 18.4 Å². The Morgan fingerprint density at radius 1 is 1.35 bits per heavy atom. The average Bonchev–Trinajstić information content (AvgIpc) is 2.80. The molecule has 1 heterocycles. The molecular formula is C13H15FN2O2S2. The van der Waals surface area contributed by atoms with Gasteiger partial charge >= 0.3 is 0 Å². The maximum Gasteiger partial charge on any atom is 0.265 e. The van der Waals surface area contributed by atoms with Gasteiger partial charge < -0.3 is 5.73 Å². The second-order valence-electron chi connectivity index (χ2n) is 4.29.